The first-order valence-corrected chi connectivity index (χ1v) is 9.92. The zero-order valence-electron chi connectivity index (χ0n) is 12.8. The van der Waals surface area contributed by atoms with Crippen LogP contribution >= 0.6 is 11.3 Å². The summed E-state index contributed by atoms with van der Waals surface area (Å²) in [6.45, 7) is 0. The molecule has 1 aliphatic carbocycles. The van der Waals surface area contributed by atoms with Crippen molar-refractivity contribution in [3.63, 3.8) is 0 Å². The number of hydrogen-bond donors (Lipinski definition) is 2. The van der Waals surface area contributed by atoms with Gasteiger partial charge in [0.25, 0.3) is 10.0 Å². The Bertz CT molecular complexity index is 838. The molecular formula is C16H17NO5S2. The summed E-state index contributed by atoms with van der Waals surface area (Å²) in [5.41, 5.74) is 0.342. The van der Waals surface area contributed by atoms with Crippen molar-refractivity contribution in [1.82, 2.24) is 0 Å². The quantitative estimate of drug-likeness (QED) is 0.814. The van der Waals surface area contributed by atoms with Gasteiger partial charge in [-0.05, 0) is 43.9 Å². The number of hydrogen-bond acceptors (Lipinski definition) is 5. The molecule has 0 unspecified atom stereocenters. The zero-order chi connectivity index (χ0) is 17.2. The van der Waals surface area contributed by atoms with Gasteiger partial charge in [-0.2, -0.15) is 0 Å². The van der Waals surface area contributed by atoms with Gasteiger partial charge >= 0.3 is 5.97 Å². The fraction of sp³-hybridized carbons (Fsp3) is 0.312. The van der Waals surface area contributed by atoms with Crippen LogP contribution in [0.4, 0.5) is 5.69 Å². The number of thiophene rings is 1. The molecule has 1 heterocycles. The summed E-state index contributed by atoms with van der Waals surface area (Å²) in [7, 11) is -3.82. The Balaban J connectivity index is 1.75. The first-order chi connectivity index (χ1) is 11.4. The van der Waals surface area contributed by atoms with Crippen LogP contribution in [0.25, 0.3) is 0 Å². The summed E-state index contributed by atoms with van der Waals surface area (Å²) in [6.07, 6.45) is 4.53. The molecule has 24 heavy (non-hydrogen) atoms. The molecule has 1 saturated carbocycles. The third kappa shape index (κ3) is 3.88. The Labute approximate surface area is 144 Å². The van der Waals surface area contributed by atoms with Crippen LogP contribution < -0.4 is 9.46 Å². The van der Waals surface area contributed by atoms with Gasteiger partial charge in [0.2, 0.25) is 0 Å². The fourth-order valence-corrected chi connectivity index (χ4v) is 4.81. The highest BCUT2D eigenvalue weighted by Crippen LogP contribution is 2.28. The average Bonchev–Trinajstić information content (AvgIpc) is 3.18. The van der Waals surface area contributed by atoms with Gasteiger partial charge in [-0.25, -0.2) is 13.2 Å². The van der Waals surface area contributed by atoms with Crippen LogP contribution in [0, 0.1) is 0 Å². The van der Waals surface area contributed by atoms with Crippen molar-refractivity contribution in [3.05, 3.63) is 41.3 Å². The van der Waals surface area contributed by atoms with Crippen molar-refractivity contribution in [3.8, 4) is 5.75 Å². The van der Waals surface area contributed by atoms with Gasteiger partial charge in [0.05, 0.1) is 17.4 Å². The lowest BCUT2D eigenvalue weighted by Crippen LogP contribution is -2.13. The van der Waals surface area contributed by atoms with Gasteiger partial charge < -0.3 is 9.84 Å². The Morgan fingerprint density at radius 3 is 2.67 bits per heavy atom. The minimum Gasteiger partial charge on any atom is -0.490 e. The third-order valence-electron chi connectivity index (χ3n) is 3.78. The van der Waals surface area contributed by atoms with Crippen molar-refractivity contribution in [2.45, 2.75) is 36.0 Å². The molecule has 0 bridgehead atoms. The molecule has 8 heteroatoms. The summed E-state index contributed by atoms with van der Waals surface area (Å²) in [4.78, 5) is 10.9. The summed E-state index contributed by atoms with van der Waals surface area (Å²) in [5.74, 6) is -0.529. The first kappa shape index (κ1) is 16.8. The highest BCUT2D eigenvalue weighted by molar-refractivity contribution is 7.94. The SMILES string of the molecule is O=C(O)c1csc(S(=O)(=O)Nc2cccc(OC3CCCC3)c2)c1. The van der Waals surface area contributed by atoms with E-state index in [-0.39, 0.29) is 15.9 Å². The number of carboxylic acid groups (broad SMARTS) is 1. The van der Waals surface area contributed by atoms with Gasteiger partial charge in [-0.15, -0.1) is 11.3 Å². The van der Waals surface area contributed by atoms with E-state index in [0.717, 1.165) is 43.1 Å². The summed E-state index contributed by atoms with van der Waals surface area (Å²) in [5, 5.41) is 10.2. The van der Waals surface area contributed by atoms with E-state index in [4.69, 9.17) is 9.84 Å². The van der Waals surface area contributed by atoms with Gasteiger partial charge in [0.15, 0.2) is 0 Å². The Hall–Kier alpha value is -2.06. The molecule has 2 N–H and O–H groups in total. The van der Waals surface area contributed by atoms with Crippen molar-refractivity contribution in [2.24, 2.45) is 0 Å². The Morgan fingerprint density at radius 2 is 2.00 bits per heavy atom. The molecule has 0 amide bonds. The molecule has 1 fully saturated rings. The molecule has 1 aliphatic rings. The van der Waals surface area contributed by atoms with Crippen LogP contribution in [-0.4, -0.2) is 25.6 Å². The number of carboxylic acids is 1. The van der Waals surface area contributed by atoms with E-state index < -0.39 is 16.0 Å². The number of rotatable bonds is 6. The summed E-state index contributed by atoms with van der Waals surface area (Å²) < 4.78 is 33.0. The predicted octanol–water partition coefficient (Wildman–Crippen LogP) is 3.57. The number of nitrogens with one attached hydrogen (secondary N) is 1. The Kier molecular flexibility index (Phi) is 4.77. The normalized spacial score (nSPS) is 15.3. The van der Waals surface area contributed by atoms with E-state index in [9.17, 15) is 13.2 Å². The van der Waals surface area contributed by atoms with Crippen LogP contribution in [-0.2, 0) is 10.0 Å². The lowest BCUT2D eigenvalue weighted by molar-refractivity contribution is 0.0697. The van der Waals surface area contributed by atoms with E-state index in [1.54, 1.807) is 24.3 Å². The van der Waals surface area contributed by atoms with Crippen LogP contribution in [0.15, 0.2) is 39.9 Å². The van der Waals surface area contributed by atoms with Crippen LogP contribution in [0.1, 0.15) is 36.0 Å². The van der Waals surface area contributed by atoms with Crippen molar-refractivity contribution in [1.29, 1.82) is 0 Å². The molecular weight excluding hydrogens is 350 g/mol. The molecule has 0 spiro atoms. The van der Waals surface area contributed by atoms with Crippen molar-refractivity contribution in [2.75, 3.05) is 4.72 Å². The molecule has 1 aromatic heterocycles. The van der Waals surface area contributed by atoms with Crippen molar-refractivity contribution < 1.29 is 23.1 Å². The molecule has 0 aliphatic heterocycles. The summed E-state index contributed by atoms with van der Waals surface area (Å²) >= 11 is 0.872. The van der Waals surface area contributed by atoms with Crippen LogP contribution in [0.2, 0.25) is 0 Å². The molecule has 128 valence electrons. The number of benzene rings is 1. The maximum absolute atomic E-state index is 12.4. The topological polar surface area (TPSA) is 92.7 Å². The summed E-state index contributed by atoms with van der Waals surface area (Å²) in [6, 6.07) is 7.93. The zero-order valence-corrected chi connectivity index (χ0v) is 14.4. The molecule has 0 radical (unpaired) electrons. The van der Waals surface area contributed by atoms with Crippen LogP contribution in [0.5, 0.6) is 5.75 Å². The minimum atomic E-state index is -3.82. The Morgan fingerprint density at radius 1 is 1.25 bits per heavy atom. The second-order valence-corrected chi connectivity index (χ2v) is 8.44. The predicted molar refractivity (Wildman–Crippen MR) is 91.4 cm³/mol. The largest absolute Gasteiger partial charge is 0.490 e. The van der Waals surface area contributed by atoms with E-state index in [1.807, 2.05) is 0 Å². The van der Waals surface area contributed by atoms with Gasteiger partial charge in [-0.3, -0.25) is 4.72 Å². The molecule has 0 saturated heterocycles. The lowest BCUT2D eigenvalue weighted by atomic mass is 10.3. The molecule has 1 aromatic carbocycles. The van der Waals surface area contributed by atoms with Crippen LogP contribution in [0.3, 0.4) is 0 Å². The minimum absolute atomic E-state index is 0.0398. The first-order valence-electron chi connectivity index (χ1n) is 7.55. The second-order valence-electron chi connectivity index (χ2n) is 5.62. The number of carbonyl (C=O) groups is 1. The second kappa shape index (κ2) is 6.82. The average molecular weight is 367 g/mol. The molecule has 6 nitrogen and oxygen atoms in total. The maximum atomic E-state index is 12.4. The molecule has 0 atom stereocenters. The highest BCUT2D eigenvalue weighted by Gasteiger charge is 2.20. The molecule has 2 aromatic rings. The third-order valence-corrected chi connectivity index (χ3v) is 6.60. The van der Waals surface area contributed by atoms with Gasteiger partial charge in [0, 0.05) is 11.4 Å². The highest BCUT2D eigenvalue weighted by atomic mass is 32.2. The smallest absolute Gasteiger partial charge is 0.336 e. The van der Waals surface area contributed by atoms with Gasteiger partial charge in [0.1, 0.15) is 9.96 Å². The van der Waals surface area contributed by atoms with Gasteiger partial charge in [-0.1, -0.05) is 6.07 Å². The molecule has 3 rings (SSSR count). The van der Waals surface area contributed by atoms with E-state index in [0.29, 0.717) is 11.4 Å². The number of sulfonamides is 1. The monoisotopic (exact) mass is 367 g/mol. The number of anilines is 1. The van der Waals surface area contributed by atoms with E-state index in [1.165, 1.54) is 5.38 Å². The number of ether oxygens (including phenoxy) is 1. The standard InChI is InChI=1S/C16H17NO5S2/c18-16(19)11-8-15(23-10-11)24(20,21)17-12-4-3-7-14(9-12)22-13-5-1-2-6-13/h3-4,7-10,13,17H,1-2,5-6H2,(H,18,19). The van der Waals surface area contributed by atoms with E-state index >= 15 is 0 Å². The van der Waals surface area contributed by atoms with Crippen molar-refractivity contribution >= 4 is 33.0 Å². The maximum Gasteiger partial charge on any atom is 0.336 e. The van der Waals surface area contributed by atoms with E-state index in [2.05, 4.69) is 4.72 Å². The lowest BCUT2D eigenvalue weighted by Gasteiger charge is -2.14. The fourth-order valence-electron chi connectivity index (χ4n) is 2.61. The number of aromatic carboxylic acids is 1.